The Bertz CT molecular complexity index is 612. The number of rotatable bonds is 3. The molecule has 0 atom stereocenters. The van der Waals surface area contributed by atoms with Gasteiger partial charge in [0.2, 0.25) is 0 Å². The number of hydrogen-bond donors (Lipinski definition) is 2. The molecule has 3 nitrogen and oxygen atoms in total. The Labute approximate surface area is 114 Å². The van der Waals surface area contributed by atoms with Crippen molar-refractivity contribution in [2.24, 2.45) is 0 Å². The van der Waals surface area contributed by atoms with E-state index < -0.39 is 0 Å². The molecule has 0 fully saturated rings. The second kappa shape index (κ2) is 5.10. The van der Waals surface area contributed by atoms with Gasteiger partial charge in [0.05, 0.1) is 13.7 Å². The van der Waals surface area contributed by atoms with Crippen LogP contribution >= 0.6 is 0 Å². The highest BCUT2D eigenvalue weighted by molar-refractivity contribution is 5.70. The third kappa shape index (κ3) is 2.26. The number of benzene rings is 1. The highest BCUT2D eigenvalue weighted by atomic mass is 16.5. The smallest absolute Gasteiger partial charge is 0.124 e. The Morgan fingerprint density at radius 3 is 2.32 bits per heavy atom. The van der Waals surface area contributed by atoms with Crippen molar-refractivity contribution in [3.8, 4) is 17.0 Å². The van der Waals surface area contributed by atoms with E-state index in [1.807, 2.05) is 13.0 Å². The molecular formula is C16H21NO2. The fourth-order valence-electron chi connectivity index (χ4n) is 2.56. The summed E-state index contributed by atoms with van der Waals surface area (Å²) in [6.07, 6.45) is 0. The molecule has 0 saturated heterocycles. The molecule has 2 aromatic rings. The summed E-state index contributed by atoms with van der Waals surface area (Å²) in [4.78, 5) is 3.34. The zero-order valence-electron chi connectivity index (χ0n) is 12.2. The van der Waals surface area contributed by atoms with Crippen molar-refractivity contribution in [2.75, 3.05) is 7.11 Å². The van der Waals surface area contributed by atoms with Crippen LogP contribution in [0.1, 0.15) is 27.9 Å². The molecule has 0 aliphatic carbocycles. The zero-order valence-corrected chi connectivity index (χ0v) is 12.2. The van der Waals surface area contributed by atoms with Crippen LogP contribution in [-0.4, -0.2) is 17.2 Å². The van der Waals surface area contributed by atoms with Crippen LogP contribution in [0.4, 0.5) is 0 Å². The number of ether oxygens (including phenoxy) is 1. The molecule has 1 aromatic heterocycles. The molecular weight excluding hydrogens is 238 g/mol. The van der Waals surface area contributed by atoms with Crippen LogP contribution in [0, 0.1) is 27.7 Å². The van der Waals surface area contributed by atoms with Crippen molar-refractivity contribution in [1.82, 2.24) is 4.98 Å². The zero-order chi connectivity index (χ0) is 14.2. The molecule has 3 heteroatoms. The van der Waals surface area contributed by atoms with E-state index in [9.17, 15) is 5.11 Å². The number of aliphatic hydroxyl groups is 1. The third-order valence-electron chi connectivity index (χ3n) is 3.81. The van der Waals surface area contributed by atoms with Gasteiger partial charge in [-0.3, -0.25) is 0 Å². The number of aryl methyl sites for hydroxylation is 2. The van der Waals surface area contributed by atoms with Gasteiger partial charge in [0.1, 0.15) is 5.75 Å². The summed E-state index contributed by atoms with van der Waals surface area (Å²) in [6.45, 7) is 8.27. The average Bonchev–Trinajstić information content (AvgIpc) is 2.75. The molecule has 19 heavy (non-hydrogen) atoms. The summed E-state index contributed by atoms with van der Waals surface area (Å²) in [6, 6.07) is 4.15. The van der Waals surface area contributed by atoms with Crippen molar-refractivity contribution in [3.63, 3.8) is 0 Å². The fraction of sp³-hybridized carbons (Fsp3) is 0.375. The summed E-state index contributed by atoms with van der Waals surface area (Å²) in [5.74, 6) is 0.951. The number of hydrogen-bond acceptors (Lipinski definition) is 2. The predicted octanol–water partition coefficient (Wildman–Crippen LogP) is 3.42. The van der Waals surface area contributed by atoms with E-state index in [4.69, 9.17) is 4.74 Å². The molecule has 1 aromatic carbocycles. The van der Waals surface area contributed by atoms with Gasteiger partial charge in [-0.2, -0.15) is 0 Å². The van der Waals surface area contributed by atoms with E-state index in [1.165, 1.54) is 11.1 Å². The summed E-state index contributed by atoms with van der Waals surface area (Å²) in [5, 5.41) is 9.30. The fourth-order valence-corrected chi connectivity index (χ4v) is 2.56. The van der Waals surface area contributed by atoms with Crippen molar-refractivity contribution < 1.29 is 9.84 Å². The lowest BCUT2D eigenvalue weighted by molar-refractivity contribution is 0.281. The Morgan fingerprint density at radius 1 is 1.11 bits per heavy atom. The van der Waals surface area contributed by atoms with E-state index >= 15 is 0 Å². The topological polar surface area (TPSA) is 45.2 Å². The van der Waals surface area contributed by atoms with Gasteiger partial charge >= 0.3 is 0 Å². The molecule has 0 radical (unpaired) electrons. The van der Waals surface area contributed by atoms with Gasteiger partial charge < -0.3 is 14.8 Å². The summed E-state index contributed by atoms with van der Waals surface area (Å²) < 4.78 is 5.45. The van der Waals surface area contributed by atoms with Crippen LogP contribution < -0.4 is 4.74 Å². The van der Waals surface area contributed by atoms with Crippen LogP contribution in [0.2, 0.25) is 0 Å². The molecule has 0 saturated carbocycles. The van der Waals surface area contributed by atoms with Crippen LogP contribution in [0.15, 0.2) is 12.1 Å². The van der Waals surface area contributed by atoms with Gasteiger partial charge in [-0.1, -0.05) is 0 Å². The predicted molar refractivity (Wildman–Crippen MR) is 77.7 cm³/mol. The van der Waals surface area contributed by atoms with Crippen molar-refractivity contribution >= 4 is 0 Å². The van der Waals surface area contributed by atoms with Crippen LogP contribution in [0.5, 0.6) is 5.75 Å². The highest BCUT2D eigenvalue weighted by Gasteiger charge is 2.14. The first-order valence-corrected chi connectivity index (χ1v) is 6.44. The third-order valence-corrected chi connectivity index (χ3v) is 3.81. The minimum absolute atomic E-state index is 0.0650. The lowest BCUT2D eigenvalue weighted by Gasteiger charge is -2.15. The number of aromatic amines is 1. The summed E-state index contributed by atoms with van der Waals surface area (Å²) in [7, 11) is 1.71. The molecule has 0 bridgehead atoms. The van der Waals surface area contributed by atoms with Crippen molar-refractivity contribution in [1.29, 1.82) is 0 Å². The number of aromatic nitrogens is 1. The second-order valence-corrected chi connectivity index (χ2v) is 5.02. The van der Waals surface area contributed by atoms with Crippen LogP contribution in [0.3, 0.4) is 0 Å². The van der Waals surface area contributed by atoms with Crippen molar-refractivity contribution in [2.45, 2.75) is 34.3 Å². The maximum Gasteiger partial charge on any atom is 0.124 e. The average molecular weight is 259 g/mol. The first-order chi connectivity index (χ1) is 8.99. The molecule has 0 unspecified atom stereocenters. The Morgan fingerprint density at radius 2 is 1.79 bits per heavy atom. The van der Waals surface area contributed by atoms with Gasteiger partial charge in [-0.05, 0) is 62.1 Å². The molecule has 2 N–H and O–H groups in total. The summed E-state index contributed by atoms with van der Waals surface area (Å²) >= 11 is 0. The lowest BCUT2D eigenvalue weighted by Crippen LogP contribution is -1.96. The van der Waals surface area contributed by atoms with E-state index in [0.717, 1.165) is 33.8 Å². The second-order valence-electron chi connectivity index (χ2n) is 5.02. The molecule has 102 valence electrons. The van der Waals surface area contributed by atoms with Crippen LogP contribution in [0.25, 0.3) is 11.3 Å². The molecule has 0 aliphatic heterocycles. The summed E-state index contributed by atoms with van der Waals surface area (Å²) in [5.41, 5.74) is 7.66. The number of nitrogens with one attached hydrogen (secondary N) is 1. The minimum Gasteiger partial charge on any atom is -0.496 e. The van der Waals surface area contributed by atoms with Crippen molar-refractivity contribution in [3.05, 3.63) is 40.1 Å². The maximum absolute atomic E-state index is 9.30. The quantitative estimate of drug-likeness (QED) is 0.887. The van der Waals surface area contributed by atoms with E-state index in [0.29, 0.717) is 0 Å². The molecule has 1 heterocycles. The highest BCUT2D eigenvalue weighted by Crippen LogP contribution is 2.34. The Hall–Kier alpha value is -1.74. The largest absolute Gasteiger partial charge is 0.496 e. The maximum atomic E-state index is 9.30. The molecule has 0 amide bonds. The van der Waals surface area contributed by atoms with Gasteiger partial charge in [0.15, 0.2) is 0 Å². The Balaban J connectivity index is 2.62. The van der Waals surface area contributed by atoms with E-state index in [1.54, 1.807) is 7.11 Å². The van der Waals surface area contributed by atoms with E-state index in [2.05, 4.69) is 31.8 Å². The molecule has 0 spiro atoms. The van der Waals surface area contributed by atoms with Gasteiger partial charge in [0, 0.05) is 17.0 Å². The van der Waals surface area contributed by atoms with Crippen LogP contribution in [-0.2, 0) is 6.61 Å². The van der Waals surface area contributed by atoms with Gasteiger partial charge in [-0.15, -0.1) is 0 Å². The van der Waals surface area contributed by atoms with Gasteiger partial charge in [-0.25, -0.2) is 0 Å². The molecule has 2 rings (SSSR count). The van der Waals surface area contributed by atoms with E-state index in [-0.39, 0.29) is 6.61 Å². The SMILES string of the molecule is COc1c(C)cc(-c2cc(CO)c(C)[nH]2)c(C)c1C. The van der Waals surface area contributed by atoms with Gasteiger partial charge in [0.25, 0.3) is 0 Å². The number of methoxy groups -OCH3 is 1. The minimum atomic E-state index is 0.0650. The first-order valence-electron chi connectivity index (χ1n) is 6.44. The number of H-pyrrole nitrogens is 1. The normalized spacial score (nSPS) is 10.8. The Kier molecular flexibility index (Phi) is 3.67. The first kappa shape index (κ1) is 13.7. The number of aliphatic hydroxyl groups excluding tert-OH is 1. The molecule has 0 aliphatic rings. The standard InChI is InChI=1S/C16H21NO2/c1-9-6-14(10(2)11(3)16(9)19-5)15-7-13(8-18)12(4)17-15/h6-7,17-18H,8H2,1-5H3. The lowest BCUT2D eigenvalue weighted by atomic mass is 9.96. The monoisotopic (exact) mass is 259 g/mol.